The summed E-state index contributed by atoms with van der Waals surface area (Å²) in [6, 6.07) is 9.09. The van der Waals surface area contributed by atoms with Crippen molar-refractivity contribution in [2.24, 2.45) is 10.7 Å². The molecule has 1 aliphatic heterocycles. The Balaban J connectivity index is 1.45. The molecule has 1 aromatic carbocycles. The van der Waals surface area contributed by atoms with Crippen molar-refractivity contribution in [3.63, 3.8) is 0 Å². The van der Waals surface area contributed by atoms with Crippen LogP contribution in [0.5, 0.6) is 0 Å². The van der Waals surface area contributed by atoms with Crippen LogP contribution >= 0.6 is 22.9 Å². The summed E-state index contributed by atoms with van der Waals surface area (Å²) in [6.45, 7) is 1.84. The number of hydrogen-bond acceptors (Lipinski definition) is 10. The van der Waals surface area contributed by atoms with Gasteiger partial charge in [-0.05, 0) is 53.6 Å². The Morgan fingerprint density at radius 1 is 1.27 bits per heavy atom. The number of aliphatic imine (C=N–C) groups is 1. The number of nitrogens with zero attached hydrogens (tertiary/aromatic N) is 8. The summed E-state index contributed by atoms with van der Waals surface area (Å²) in [6.07, 6.45) is 1.51. The van der Waals surface area contributed by atoms with Crippen LogP contribution in [0.4, 0.5) is 0 Å². The Morgan fingerprint density at radius 2 is 2.00 bits per heavy atom. The molecule has 0 radical (unpaired) electrons. The maximum atomic E-state index is 12.9. The maximum absolute atomic E-state index is 12.9. The molecule has 0 fully saturated rings. The molecule has 1 unspecified atom stereocenters. The lowest BCUT2D eigenvalue weighted by molar-refractivity contribution is 0.522. The number of guanidine groups is 1. The number of halogens is 1. The summed E-state index contributed by atoms with van der Waals surface area (Å²) < 4.78 is 21.8. The topological polar surface area (TPSA) is 141 Å². The first-order chi connectivity index (χ1) is 15.7. The fourth-order valence-corrected chi connectivity index (χ4v) is 6.80. The second-order valence-electron chi connectivity index (χ2n) is 7.66. The van der Waals surface area contributed by atoms with Crippen molar-refractivity contribution >= 4 is 44.5 Å². The minimum absolute atomic E-state index is 0.153. The Labute approximate surface area is 198 Å². The minimum atomic E-state index is -2.63. The normalized spacial score (nSPS) is 23.0. The van der Waals surface area contributed by atoms with E-state index in [-0.39, 0.29) is 11.7 Å². The molecule has 0 spiro atoms. The largest absolute Gasteiger partial charge is 0.415 e. The lowest BCUT2D eigenvalue weighted by atomic mass is 10.0. The van der Waals surface area contributed by atoms with Crippen molar-refractivity contribution in [3.05, 3.63) is 46.6 Å². The SMILES string of the molecule is C=S1(=O)C[C@@](C)(c2sc(-c3nnc(-c4ccc(-n5cnnn5)cc4)o3)cc2Cl)N=C(N)N1C. The molecule has 14 heteroatoms. The number of nitrogens with two attached hydrogens (primary N) is 1. The molecular formula is C19H18ClN9O2S2. The van der Waals surface area contributed by atoms with E-state index in [1.807, 2.05) is 31.2 Å². The molecule has 170 valence electrons. The molecule has 3 aromatic heterocycles. The predicted octanol–water partition coefficient (Wildman–Crippen LogP) is 2.20. The Kier molecular flexibility index (Phi) is 4.99. The lowest BCUT2D eigenvalue weighted by Crippen LogP contribution is -2.50. The quantitative estimate of drug-likeness (QED) is 0.418. The van der Waals surface area contributed by atoms with E-state index in [1.165, 1.54) is 22.0 Å². The van der Waals surface area contributed by atoms with E-state index < -0.39 is 15.2 Å². The summed E-state index contributed by atoms with van der Waals surface area (Å²) in [5.41, 5.74) is 6.66. The zero-order valence-electron chi connectivity index (χ0n) is 17.5. The van der Waals surface area contributed by atoms with Gasteiger partial charge in [-0.2, -0.15) is 0 Å². The highest BCUT2D eigenvalue weighted by atomic mass is 35.5. The highest BCUT2D eigenvalue weighted by Gasteiger charge is 2.40. The number of hydrogen-bond donors (Lipinski definition) is 1. The number of thiophene rings is 1. The van der Waals surface area contributed by atoms with Crippen LogP contribution in [0, 0.1) is 0 Å². The summed E-state index contributed by atoms with van der Waals surface area (Å²) in [5, 5.41) is 19.9. The van der Waals surface area contributed by atoms with E-state index in [9.17, 15) is 4.21 Å². The van der Waals surface area contributed by atoms with E-state index in [0.29, 0.717) is 26.6 Å². The summed E-state index contributed by atoms with van der Waals surface area (Å²) >= 11 is 7.89. The molecule has 5 rings (SSSR count). The summed E-state index contributed by atoms with van der Waals surface area (Å²) in [7, 11) is -1.01. The molecule has 2 N–H and O–H groups in total. The number of aromatic nitrogens is 6. The van der Waals surface area contributed by atoms with Gasteiger partial charge in [0.25, 0.3) is 5.89 Å². The van der Waals surface area contributed by atoms with Crippen molar-refractivity contribution in [3.8, 4) is 27.9 Å². The highest BCUT2D eigenvalue weighted by Crippen LogP contribution is 2.44. The van der Waals surface area contributed by atoms with Crippen LogP contribution in [-0.4, -0.2) is 63.5 Å². The molecule has 4 aromatic rings. The van der Waals surface area contributed by atoms with Gasteiger partial charge in [-0.15, -0.1) is 26.6 Å². The molecule has 11 nitrogen and oxygen atoms in total. The summed E-state index contributed by atoms with van der Waals surface area (Å²) in [4.78, 5) is 5.93. The van der Waals surface area contributed by atoms with E-state index in [1.54, 1.807) is 17.8 Å². The van der Waals surface area contributed by atoms with Gasteiger partial charge in [-0.25, -0.2) is 13.9 Å². The van der Waals surface area contributed by atoms with Crippen LogP contribution in [0.2, 0.25) is 5.02 Å². The van der Waals surface area contributed by atoms with Gasteiger partial charge in [-0.3, -0.25) is 4.31 Å². The van der Waals surface area contributed by atoms with Gasteiger partial charge in [0.15, 0.2) is 0 Å². The molecule has 0 saturated carbocycles. The number of benzene rings is 1. The van der Waals surface area contributed by atoms with E-state index >= 15 is 0 Å². The van der Waals surface area contributed by atoms with Crippen molar-refractivity contribution in [2.45, 2.75) is 12.5 Å². The van der Waals surface area contributed by atoms with Crippen molar-refractivity contribution in [1.82, 2.24) is 34.7 Å². The second kappa shape index (κ2) is 7.64. The fourth-order valence-electron chi connectivity index (χ4n) is 3.50. The van der Waals surface area contributed by atoms with Crippen LogP contribution in [0.3, 0.4) is 0 Å². The highest BCUT2D eigenvalue weighted by molar-refractivity contribution is 7.98. The third-order valence-electron chi connectivity index (χ3n) is 5.23. The van der Waals surface area contributed by atoms with Crippen molar-refractivity contribution in [1.29, 1.82) is 0 Å². The zero-order chi connectivity index (χ0) is 23.4. The third-order valence-corrected chi connectivity index (χ3v) is 9.21. The van der Waals surface area contributed by atoms with E-state index in [4.69, 9.17) is 21.8 Å². The van der Waals surface area contributed by atoms with Crippen molar-refractivity contribution < 1.29 is 8.63 Å². The monoisotopic (exact) mass is 503 g/mol. The fraction of sp³-hybridized carbons (Fsp3) is 0.211. The molecule has 1 aliphatic rings. The van der Waals surface area contributed by atoms with Gasteiger partial charge in [0.05, 0.1) is 35.9 Å². The molecule has 33 heavy (non-hydrogen) atoms. The lowest BCUT2D eigenvalue weighted by Gasteiger charge is -2.36. The molecule has 0 saturated heterocycles. The smallest absolute Gasteiger partial charge is 0.258 e. The maximum Gasteiger partial charge on any atom is 0.258 e. The third kappa shape index (κ3) is 3.77. The zero-order valence-corrected chi connectivity index (χ0v) is 19.9. The van der Waals surface area contributed by atoms with Gasteiger partial charge >= 0.3 is 0 Å². The molecule has 0 amide bonds. The first kappa shape index (κ1) is 21.6. The Hall–Kier alpha value is -3.29. The second-order valence-corrected chi connectivity index (χ2v) is 11.5. The standard InChI is InChI=1S/C19H18ClN9O2S2/c1-19(9-33(3,30)28(2)18(21)23-19)15-13(20)8-14(32-15)17-25-24-16(31-17)11-4-6-12(7-5-11)29-10-22-26-27-29/h4-8,10H,3,9H2,1-2H3,(H2,21,23)/t19-,33?/m0/s1. The van der Waals surface area contributed by atoms with E-state index in [0.717, 1.165) is 11.3 Å². The molecule has 4 heterocycles. The summed E-state index contributed by atoms with van der Waals surface area (Å²) in [5.74, 6) is 4.84. The Morgan fingerprint density at radius 3 is 2.67 bits per heavy atom. The predicted molar refractivity (Wildman–Crippen MR) is 128 cm³/mol. The number of tetrazole rings is 1. The van der Waals surface area contributed by atoms with Gasteiger partial charge in [0, 0.05) is 12.6 Å². The van der Waals surface area contributed by atoms with Gasteiger partial charge in [-0.1, -0.05) is 11.6 Å². The van der Waals surface area contributed by atoms with Gasteiger partial charge < -0.3 is 10.2 Å². The van der Waals surface area contributed by atoms with E-state index in [2.05, 4.69) is 36.6 Å². The van der Waals surface area contributed by atoms with Crippen molar-refractivity contribution in [2.75, 3.05) is 12.8 Å². The first-order valence-corrected chi connectivity index (χ1v) is 12.6. The average Bonchev–Trinajstić information content (AvgIpc) is 3.52. The van der Waals surface area contributed by atoms with Crippen LogP contribution in [0.15, 0.2) is 46.1 Å². The van der Waals surface area contributed by atoms with Crippen LogP contribution in [-0.2, 0) is 15.2 Å². The molecule has 0 aliphatic carbocycles. The van der Waals surface area contributed by atoms with Gasteiger partial charge in [0.2, 0.25) is 11.9 Å². The molecule has 2 atom stereocenters. The Bertz CT molecular complexity index is 1460. The van der Waals surface area contributed by atoms with Crippen LogP contribution in [0.25, 0.3) is 27.9 Å². The average molecular weight is 504 g/mol. The first-order valence-electron chi connectivity index (χ1n) is 9.58. The molecular weight excluding hydrogens is 486 g/mol. The van der Waals surface area contributed by atoms with Crippen LogP contribution < -0.4 is 5.73 Å². The minimum Gasteiger partial charge on any atom is -0.415 e. The van der Waals surface area contributed by atoms with Gasteiger partial charge in [0.1, 0.15) is 11.9 Å². The molecule has 0 bridgehead atoms. The van der Waals surface area contributed by atoms with Crippen LogP contribution in [0.1, 0.15) is 11.8 Å². The number of rotatable bonds is 4.